The number of hydrogen-bond acceptors (Lipinski definition) is 2. The zero-order chi connectivity index (χ0) is 29.7. The smallest absolute Gasteiger partial charge is 0.0639 e. The van der Waals surface area contributed by atoms with Crippen LogP contribution in [-0.2, 0) is 25.7 Å². The van der Waals surface area contributed by atoms with E-state index in [0.717, 1.165) is 56.3 Å². The van der Waals surface area contributed by atoms with Gasteiger partial charge in [-0.1, -0.05) is 98.6 Å². The third-order valence-corrected chi connectivity index (χ3v) is 8.00. The lowest BCUT2D eigenvalue weighted by Gasteiger charge is -2.14. The molecule has 2 aromatic rings. The first kappa shape index (κ1) is 35.0. The van der Waals surface area contributed by atoms with E-state index in [9.17, 15) is 0 Å². The molecule has 0 saturated heterocycles. The Bertz CT molecular complexity index is 993. The van der Waals surface area contributed by atoms with Crippen molar-refractivity contribution in [1.82, 2.24) is 0 Å². The van der Waals surface area contributed by atoms with Gasteiger partial charge in [-0.05, 0) is 124 Å². The summed E-state index contributed by atoms with van der Waals surface area (Å²) < 4.78 is 0. The standard InChI is InChI=1S/C39H62N2/c1-7-13-19-25-39(41-37-30-34(22-16-10-4)27-35(31-37)23-17-11-5)38(24-18-12-6)40-36-28-32(20-14-8-2)26-33(29-36)21-15-9-3/h26-31H,7-25H2,1-6H3. The van der Waals surface area contributed by atoms with Crippen LogP contribution in [-0.4, -0.2) is 11.4 Å². The molecule has 2 nitrogen and oxygen atoms in total. The number of benzene rings is 2. The van der Waals surface area contributed by atoms with Gasteiger partial charge >= 0.3 is 0 Å². The van der Waals surface area contributed by atoms with Crippen LogP contribution in [0.3, 0.4) is 0 Å². The number of aryl methyl sites for hydroxylation is 4. The lowest BCUT2D eigenvalue weighted by Crippen LogP contribution is -2.14. The van der Waals surface area contributed by atoms with Gasteiger partial charge in [0.05, 0.1) is 22.8 Å². The maximum Gasteiger partial charge on any atom is 0.0639 e. The monoisotopic (exact) mass is 558 g/mol. The van der Waals surface area contributed by atoms with E-state index in [-0.39, 0.29) is 0 Å². The lowest BCUT2D eigenvalue weighted by molar-refractivity contribution is 0.742. The average molecular weight is 559 g/mol. The molecule has 0 aliphatic carbocycles. The van der Waals surface area contributed by atoms with E-state index in [0.29, 0.717) is 0 Å². The summed E-state index contributed by atoms with van der Waals surface area (Å²) in [5.74, 6) is 0. The summed E-state index contributed by atoms with van der Waals surface area (Å²) in [6.07, 6.45) is 22.4. The minimum absolute atomic E-state index is 1.00. The van der Waals surface area contributed by atoms with Crippen LogP contribution < -0.4 is 0 Å². The Morgan fingerprint density at radius 3 is 1.02 bits per heavy atom. The zero-order valence-electron chi connectivity index (χ0n) is 27.8. The van der Waals surface area contributed by atoms with Crippen molar-refractivity contribution in [2.75, 3.05) is 0 Å². The first-order valence-corrected chi connectivity index (χ1v) is 17.5. The van der Waals surface area contributed by atoms with Crippen molar-refractivity contribution >= 4 is 22.8 Å². The predicted molar refractivity (Wildman–Crippen MR) is 185 cm³/mol. The normalized spacial score (nSPS) is 12.3. The SMILES string of the molecule is CCCCCC(=Nc1cc(CCCC)cc(CCCC)c1)C(CCCC)=Nc1cc(CCCC)cc(CCCC)c1. The molecule has 0 spiro atoms. The van der Waals surface area contributed by atoms with E-state index < -0.39 is 0 Å². The highest BCUT2D eigenvalue weighted by Crippen LogP contribution is 2.26. The molecule has 0 aliphatic rings. The number of hydrogen-bond donors (Lipinski definition) is 0. The largest absolute Gasteiger partial charge is 0.252 e. The van der Waals surface area contributed by atoms with Crippen LogP contribution in [0.2, 0.25) is 0 Å². The van der Waals surface area contributed by atoms with Crippen molar-refractivity contribution in [3.63, 3.8) is 0 Å². The van der Waals surface area contributed by atoms with Crippen LogP contribution in [0.1, 0.15) is 160 Å². The fraction of sp³-hybridized carbons (Fsp3) is 0.641. The highest BCUT2D eigenvalue weighted by atomic mass is 14.8. The summed E-state index contributed by atoms with van der Waals surface area (Å²) in [5, 5.41) is 0. The quantitative estimate of drug-likeness (QED) is 0.101. The molecule has 2 heteroatoms. The van der Waals surface area contributed by atoms with Crippen molar-refractivity contribution in [3.8, 4) is 0 Å². The number of aliphatic imine (C=N–C) groups is 2. The molecule has 0 bridgehead atoms. The second-order valence-corrected chi connectivity index (χ2v) is 12.1. The molecule has 0 unspecified atom stereocenters. The molecule has 0 amide bonds. The van der Waals surface area contributed by atoms with E-state index in [1.807, 2.05) is 0 Å². The Hall–Kier alpha value is -2.22. The van der Waals surface area contributed by atoms with Crippen molar-refractivity contribution in [2.45, 2.75) is 164 Å². The van der Waals surface area contributed by atoms with E-state index in [1.165, 1.54) is 111 Å². The maximum atomic E-state index is 5.45. The Morgan fingerprint density at radius 1 is 0.390 bits per heavy atom. The summed E-state index contributed by atoms with van der Waals surface area (Å²) in [6.45, 7) is 13.7. The van der Waals surface area contributed by atoms with Gasteiger partial charge in [0.1, 0.15) is 0 Å². The zero-order valence-corrected chi connectivity index (χ0v) is 27.8. The van der Waals surface area contributed by atoms with Crippen LogP contribution in [0.25, 0.3) is 0 Å². The molecular formula is C39H62N2. The van der Waals surface area contributed by atoms with Gasteiger partial charge in [-0.15, -0.1) is 0 Å². The predicted octanol–water partition coefficient (Wildman–Crippen LogP) is 12.7. The van der Waals surface area contributed by atoms with Crippen LogP contribution in [0.15, 0.2) is 46.4 Å². The summed E-state index contributed by atoms with van der Waals surface area (Å²) >= 11 is 0. The topological polar surface area (TPSA) is 24.7 Å². The molecule has 0 heterocycles. The molecular weight excluding hydrogens is 496 g/mol. The number of rotatable bonds is 22. The van der Waals surface area contributed by atoms with Crippen molar-refractivity contribution in [2.24, 2.45) is 9.98 Å². The average Bonchev–Trinajstić information content (AvgIpc) is 2.98. The highest BCUT2D eigenvalue weighted by Gasteiger charge is 2.12. The maximum absolute atomic E-state index is 5.45. The van der Waals surface area contributed by atoms with Gasteiger partial charge in [-0.25, -0.2) is 0 Å². The van der Waals surface area contributed by atoms with E-state index in [2.05, 4.69) is 77.9 Å². The van der Waals surface area contributed by atoms with E-state index in [4.69, 9.17) is 9.98 Å². The molecule has 0 N–H and O–H groups in total. The van der Waals surface area contributed by atoms with E-state index >= 15 is 0 Å². The van der Waals surface area contributed by atoms with Gasteiger partial charge in [0.2, 0.25) is 0 Å². The number of unbranched alkanes of at least 4 members (excludes halogenated alkanes) is 7. The lowest BCUT2D eigenvalue weighted by atomic mass is 9.99. The van der Waals surface area contributed by atoms with Crippen LogP contribution in [0.5, 0.6) is 0 Å². The Kier molecular flexibility index (Phi) is 18.3. The third kappa shape index (κ3) is 14.0. The molecule has 0 saturated carbocycles. The molecule has 0 radical (unpaired) electrons. The summed E-state index contributed by atoms with van der Waals surface area (Å²) in [5.41, 5.74) is 10.5. The molecule has 0 atom stereocenters. The molecule has 228 valence electrons. The second-order valence-electron chi connectivity index (χ2n) is 12.1. The van der Waals surface area contributed by atoms with Gasteiger partial charge in [0.25, 0.3) is 0 Å². The molecule has 0 aromatic heterocycles. The van der Waals surface area contributed by atoms with E-state index in [1.54, 1.807) is 0 Å². The Labute approximate surface area is 254 Å². The summed E-state index contributed by atoms with van der Waals surface area (Å²) in [7, 11) is 0. The molecule has 41 heavy (non-hydrogen) atoms. The Morgan fingerprint density at radius 2 is 0.707 bits per heavy atom. The minimum atomic E-state index is 1.00. The molecule has 0 fully saturated rings. The summed E-state index contributed by atoms with van der Waals surface area (Å²) in [6, 6.07) is 14.3. The fourth-order valence-electron chi connectivity index (χ4n) is 5.44. The first-order chi connectivity index (χ1) is 20.1. The van der Waals surface area contributed by atoms with Crippen molar-refractivity contribution < 1.29 is 0 Å². The van der Waals surface area contributed by atoms with Crippen molar-refractivity contribution in [3.05, 3.63) is 58.7 Å². The van der Waals surface area contributed by atoms with Crippen LogP contribution in [0, 0.1) is 0 Å². The van der Waals surface area contributed by atoms with Gasteiger partial charge in [0, 0.05) is 0 Å². The van der Waals surface area contributed by atoms with Gasteiger partial charge < -0.3 is 0 Å². The Balaban J connectivity index is 2.61. The first-order valence-electron chi connectivity index (χ1n) is 17.5. The number of nitrogens with zero attached hydrogens (tertiary/aromatic N) is 2. The molecule has 0 aliphatic heterocycles. The second kappa shape index (κ2) is 21.5. The van der Waals surface area contributed by atoms with Gasteiger partial charge in [-0.3, -0.25) is 9.98 Å². The van der Waals surface area contributed by atoms with Crippen molar-refractivity contribution in [1.29, 1.82) is 0 Å². The summed E-state index contributed by atoms with van der Waals surface area (Å²) in [4.78, 5) is 10.9. The fourth-order valence-corrected chi connectivity index (χ4v) is 5.44. The molecule has 2 aromatic carbocycles. The van der Waals surface area contributed by atoms with Crippen LogP contribution in [0.4, 0.5) is 11.4 Å². The third-order valence-electron chi connectivity index (χ3n) is 8.00. The van der Waals surface area contributed by atoms with Crippen LogP contribution >= 0.6 is 0 Å². The van der Waals surface area contributed by atoms with Gasteiger partial charge in [-0.2, -0.15) is 0 Å². The van der Waals surface area contributed by atoms with Gasteiger partial charge in [0.15, 0.2) is 0 Å². The highest BCUT2D eigenvalue weighted by molar-refractivity contribution is 6.43. The molecule has 2 rings (SSSR count). The minimum Gasteiger partial charge on any atom is -0.252 e.